The number of nitrogens with one attached hydrogen (secondary N) is 1. The van der Waals surface area contributed by atoms with Gasteiger partial charge in [0.2, 0.25) is 10.0 Å². The minimum absolute atomic E-state index is 0.145. The van der Waals surface area contributed by atoms with Gasteiger partial charge in [-0.1, -0.05) is 15.9 Å². The van der Waals surface area contributed by atoms with Crippen LogP contribution in [-0.4, -0.2) is 46.4 Å². The van der Waals surface area contributed by atoms with Crippen molar-refractivity contribution in [3.63, 3.8) is 0 Å². The minimum atomic E-state index is -3.55. The molecule has 0 aromatic heterocycles. The fraction of sp³-hybridized carbons (Fsp3) is 0.333. The number of hydrogen-bond donors (Lipinski definition) is 3. The lowest BCUT2D eigenvalue weighted by molar-refractivity contribution is -0.114. The molecule has 3 rings (SSSR count). The number of hydrogen-bond acceptors (Lipinski definition) is 6. The molecule has 2 aromatic carbocycles. The fourth-order valence-corrected chi connectivity index (χ4v) is 4.56. The van der Waals surface area contributed by atoms with E-state index in [1.54, 1.807) is 24.3 Å². The smallest absolute Gasteiger partial charge is 0.270 e. The summed E-state index contributed by atoms with van der Waals surface area (Å²) in [5.41, 5.74) is 14.8. The Morgan fingerprint density at radius 1 is 1.26 bits per heavy atom. The Hall–Kier alpha value is -2.43. The second kappa shape index (κ2) is 9.37. The quantitative estimate of drug-likeness (QED) is 0.373. The molecular formula is C21H26BrN5O3S. The lowest BCUT2D eigenvalue weighted by atomic mass is 9.98. The van der Waals surface area contributed by atoms with Crippen molar-refractivity contribution in [2.45, 2.75) is 18.8 Å². The summed E-state index contributed by atoms with van der Waals surface area (Å²) in [7, 11) is -2.02. The molecule has 0 bridgehead atoms. The highest BCUT2D eigenvalue weighted by atomic mass is 79.9. The standard InChI is InChI=1S/C21H26BrN5O3S/c1-25-21(28)20(26-15-7-5-14(22)6-8-15)17-11-16(13-3-4-13)19(12-18(17)24)27(10-9-23)31(2,29)30/h5-8,11-13H,3-4,9-10,23-24H2,1-2H3,(H,25,28). The van der Waals surface area contributed by atoms with Crippen LogP contribution in [0.4, 0.5) is 17.1 Å². The molecule has 1 aliphatic rings. The van der Waals surface area contributed by atoms with E-state index < -0.39 is 10.0 Å². The average molecular weight is 508 g/mol. The highest BCUT2D eigenvalue weighted by Crippen LogP contribution is 2.46. The van der Waals surface area contributed by atoms with Gasteiger partial charge in [0, 0.05) is 35.9 Å². The van der Waals surface area contributed by atoms with Gasteiger partial charge in [-0.3, -0.25) is 9.10 Å². The molecule has 0 heterocycles. The van der Waals surface area contributed by atoms with Crippen LogP contribution in [0.3, 0.4) is 0 Å². The molecule has 1 saturated carbocycles. The number of nitrogens with zero attached hydrogens (tertiary/aromatic N) is 2. The third kappa shape index (κ3) is 5.44. The van der Waals surface area contributed by atoms with E-state index in [0.717, 1.165) is 29.1 Å². The number of amides is 1. The van der Waals surface area contributed by atoms with Crippen LogP contribution in [0.1, 0.15) is 29.9 Å². The summed E-state index contributed by atoms with van der Waals surface area (Å²) < 4.78 is 27.0. The maximum atomic E-state index is 12.7. The van der Waals surface area contributed by atoms with Gasteiger partial charge in [0.05, 0.1) is 17.6 Å². The Morgan fingerprint density at radius 2 is 1.90 bits per heavy atom. The van der Waals surface area contributed by atoms with Crippen LogP contribution in [0.25, 0.3) is 0 Å². The zero-order valence-corrected chi connectivity index (χ0v) is 19.8. The van der Waals surface area contributed by atoms with Crippen molar-refractivity contribution in [1.82, 2.24) is 5.32 Å². The highest BCUT2D eigenvalue weighted by molar-refractivity contribution is 9.10. The molecule has 0 radical (unpaired) electrons. The molecule has 5 N–H and O–H groups in total. The van der Waals surface area contributed by atoms with Gasteiger partial charge in [0.15, 0.2) is 0 Å². The Bertz CT molecular complexity index is 1110. The summed E-state index contributed by atoms with van der Waals surface area (Å²) in [6, 6.07) is 10.6. The van der Waals surface area contributed by atoms with Crippen molar-refractivity contribution in [2.24, 2.45) is 10.7 Å². The SMILES string of the molecule is CNC(=O)C(=Nc1ccc(Br)cc1)c1cc(C2CC2)c(N(CCN)S(C)(=O)=O)cc1N. The summed E-state index contributed by atoms with van der Waals surface area (Å²) in [6.07, 6.45) is 3.03. The van der Waals surface area contributed by atoms with Crippen LogP contribution >= 0.6 is 15.9 Å². The van der Waals surface area contributed by atoms with Crippen LogP contribution < -0.4 is 21.1 Å². The molecule has 0 atom stereocenters. The number of rotatable bonds is 8. The van der Waals surface area contributed by atoms with E-state index in [1.165, 1.54) is 11.4 Å². The average Bonchev–Trinajstić information content (AvgIpc) is 3.55. The number of carbonyl (C=O) groups is 1. The topological polar surface area (TPSA) is 131 Å². The molecule has 1 aliphatic carbocycles. The first-order chi connectivity index (χ1) is 14.7. The predicted octanol–water partition coefficient (Wildman–Crippen LogP) is 2.50. The highest BCUT2D eigenvalue weighted by Gasteiger charge is 2.32. The molecule has 2 aromatic rings. The first-order valence-corrected chi connectivity index (χ1v) is 12.5. The maximum Gasteiger partial charge on any atom is 0.270 e. The predicted molar refractivity (Wildman–Crippen MR) is 128 cm³/mol. The van der Waals surface area contributed by atoms with E-state index in [-0.39, 0.29) is 36.3 Å². The Morgan fingerprint density at radius 3 is 2.42 bits per heavy atom. The Balaban J connectivity index is 2.18. The number of carbonyl (C=O) groups excluding carboxylic acids is 1. The van der Waals surface area contributed by atoms with Gasteiger partial charge >= 0.3 is 0 Å². The van der Waals surface area contributed by atoms with Crippen LogP contribution in [0.5, 0.6) is 0 Å². The van der Waals surface area contributed by atoms with Crippen molar-refractivity contribution in [2.75, 3.05) is 36.4 Å². The van der Waals surface area contributed by atoms with E-state index in [4.69, 9.17) is 11.5 Å². The van der Waals surface area contributed by atoms with Crippen molar-refractivity contribution in [1.29, 1.82) is 0 Å². The molecule has 1 amide bonds. The van der Waals surface area contributed by atoms with E-state index in [1.807, 2.05) is 12.1 Å². The third-order valence-corrected chi connectivity index (χ3v) is 6.69. The van der Waals surface area contributed by atoms with Gasteiger partial charge in [-0.05, 0) is 60.7 Å². The van der Waals surface area contributed by atoms with Crippen molar-refractivity contribution in [3.05, 3.63) is 52.0 Å². The number of nitrogen functional groups attached to an aromatic ring is 1. The number of nitrogens with two attached hydrogens (primary N) is 2. The molecule has 8 nitrogen and oxygen atoms in total. The molecule has 0 spiro atoms. The number of aliphatic imine (C=N–C) groups is 1. The van der Waals surface area contributed by atoms with Crippen molar-refractivity contribution in [3.8, 4) is 0 Å². The second-order valence-electron chi connectivity index (χ2n) is 7.41. The van der Waals surface area contributed by atoms with Gasteiger partial charge in [0.25, 0.3) is 5.91 Å². The molecule has 1 fully saturated rings. The van der Waals surface area contributed by atoms with Crippen LogP contribution in [0.15, 0.2) is 45.9 Å². The summed E-state index contributed by atoms with van der Waals surface area (Å²) in [6.45, 7) is 0.319. The molecule has 0 unspecified atom stereocenters. The largest absolute Gasteiger partial charge is 0.398 e. The molecule has 166 valence electrons. The summed E-state index contributed by atoms with van der Waals surface area (Å²) in [5, 5.41) is 2.61. The van der Waals surface area contributed by atoms with Gasteiger partial charge in [-0.15, -0.1) is 0 Å². The van der Waals surface area contributed by atoms with Gasteiger partial charge in [-0.25, -0.2) is 13.4 Å². The first kappa shape index (κ1) is 23.2. The number of sulfonamides is 1. The van der Waals surface area contributed by atoms with Crippen LogP contribution in [0, 0.1) is 0 Å². The zero-order chi connectivity index (χ0) is 22.8. The van der Waals surface area contributed by atoms with E-state index in [9.17, 15) is 13.2 Å². The lowest BCUT2D eigenvalue weighted by Crippen LogP contribution is -2.35. The third-order valence-electron chi connectivity index (χ3n) is 4.98. The van der Waals surface area contributed by atoms with Crippen LogP contribution in [0.2, 0.25) is 0 Å². The second-order valence-corrected chi connectivity index (χ2v) is 10.2. The number of anilines is 2. The van der Waals surface area contributed by atoms with Crippen molar-refractivity contribution < 1.29 is 13.2 Å². The number of benzene rings is 2. The van der Waals surface area contributed by atoms with Crippen molar-refractivity contribution >= 4 is 54.6 Å². The zero-order valence-electron chi connectivity index (χ0n) is 17.4. The molecule has 31 heavy (non-hydrogen) atoms. The van der Waals surface area contributed by atoms with Gasteiger partial charge in [0.1, 0.15) is 5.71 Å². The normalized spacial score (nSPS) is 14.4. The monoisotopic (exact) mass is 507 g/mol. The van der Waals surface area contributed by atoms with E-state index in [2.05, 4.69) is 26.2 Å². The maximum absolute atomic E-state index is 12.7. The van der Waals surface area contributed by atoms with E-state index >= 15 is 0 Å². The molecule has 0 aliphatic heterocycles. The minimum Gasteiger partial charge on any atom is -0.398 e. The van der Waals surface area contributed by atoms with Gasteiger partial charge < -0.3 is 16.8 Å². The number of likely N-dealkylation sites (N-methyl/N-ethyl adjacent to an activating group) is 1. The molecule has 10 heteroatoms. The summed E-state index contributed by atoms with van der Waals surface area (Å²) >= 11 is 3.38. The summed E-state index contributed by atoms with van der Waals surface area (Å²) in [4.78, 5) is 17.2. The molecular weight excluding hydrogens is 482 g/mol. The Labute approximate surface area is 190 Å². The Kier molecular flexibility index (Phi) is 7.03. The summed E-state index contributed by atoms with van der Waals surface area (Å²) in [5.74, 6) is -0.180. The van der Waals surface area contributed by atoms with Gasteiger partial charge in [-0.2, -0.15) is 0 Å². The van der Waals surface area contributed by atoms with E-state index in [0.29, 0.717) is 16.9 Å². The molecule has 0 saturated heterocycles. The first-order valence-electron chi connectivity index (χ1n) is 9.83. The lowest BCUT2D eigenvalue weighted by Gasteiger charge is -2.26. The number of halogens is 1. The fourth-order valence-electron chi connectivity index (χ4n) is 3.34. The van der Waals surface area contributed by atoms with Crippen LogP contribution in [-0.2, 0) is 14.8 Å².